The Bertz CT molecular complexity index is 544. The third-order valence-corrected chi connectivity index (χ3v) is 5.70. The molecule has 0 radical (unpaired) electrons. The molecule has 1 aromatic heterocycles. The molecule has 122 valence electrons. The Morgan fingerprint density at radius 1 is 1.18 bits per heavy atom. The summed E-state index contributed by atoms with van der Waals surface area (Å²) in [4.78, 5) is 12.6. The van der Waals surface area contributed by atoms with Crippen LogP contribution in [0.4, 0.5) is 0 Å². The molecule has 4 rings (SSSR count). The second kappa shape index (κ2) is 6.20. The molecule has 2 atom stereocenters. The number of nitrogens with two attached hydrogens (primary N) is 1. The third-order valence-electron chi connectivity index (χ3n) is 5.70. The van der Waals surface area contributed by atoms with Crippen LogP contribution in [0.1, 0.15) is 60.3 Å². The van der Waals surface area contributed by atoms with E-state index in [1.807, 2.05) is 0 Å². The Kier molecular flexibility index (Phi) is 4.46. The van der Waals surface area contributed by atoms with Gasteiger partial charge in [0.1, 0.15) is 0 Å². The number of halogens is 1. The van der Waals surface area contributed by atoms with Crippen LogP contribution in [0.3, 0.4) is 0 Å². The summed E-state index contributed by atoms with van der Waals surface area (Å²) in [6.45, 7) is 0. The number of amides is 1. The summed E-state index contributed by atoms with van der Waals surface area (Å²) in [5.74, 6) is 1.14. The normalized spacial score (nSPS) is 33.0. The molecule has 1 amide bonds. The summed E-state index contributed by atoms with van der Waals surface area (Å²) in [6, 6.07) is 0.628. The van der Waals surface area contributed by atoms with Gasteiger partial charge in [-0.3, -0.25) is 9.89 Å². The van der Waals surface area contributed by atoms with Crippen LogP contribution in [0.25, 0.3) is 0 Å². The fourth-order valence-electron chi connectivity index (χ4n) is 4.75. The fourth-order valence-corrected chi connectivity index (χ4v) is 4.75. The van der Waals surface area contributed by atoms with Crippen LogP contribution >= 0.6 is 12.4 Å². The first-order valence-corrected chi connectivity index (χ1v) is 8.35. The number of hydrogen-bond acceptors (Lipinski definition) is 3. The van der Waals surface area contributed by atoms with Crippen molar-refractivity contribution < 1.29 is 4.79 Å². The van der Waals surface area contributed by atoms with Gasteiger partial charge in [-0.15, -0.1) is 12.4 Å². The minimum Gasteiger partial charge on any atom is -0.347 e. The Labute approximate surface area is 137 Å². The van der Waals surface area contributed by atoms with E-state index in [-0.39, 0.29) is 18.3 Å². The zero-order chi connectivity index (χ0) is 14.4. The maximum atomic E-state index is 12.6. The van der Waals surface area contributed by atoms with E-state index in [9.17, 15) is 4.79 Å². The highest BCUT2D eigenvalue weighted by atomic mass is 35.5. The van der Waals surface area contributed by atoms with Crippen molar-refractivity contribution in [1.82, 2.24) is 15.5 Å². The molecule has 22 heavy (non-hydrogen) atoms. The number of hydrogen-bond donors (Lipinski definition) is 3. The van der Waals surface area contributed by atoms with E-state index >= 15 is 0 Å². The molecular formula is C16H25ClN4O. The van der Waals surface area contributed by atoms with Gasteiger partial charge in [0.2, 0.25) is 0 Å². The lowest BCUT2D eigenvalue weighted by Crippen LogP contribution is -2.53. The van der Waals surface area contributed by atoms with Crippen LogP contribution in [0.15, 0.2) is 0 Å². The largest absolute Gasteiger partial charge is 0.347 e. The maximum Gasteiger partial charge on any atom is 0.272 e. The van der Waals surface area contributed by atoms with Gasteiger partial charge in [0.05, 0.1) is 0 Å². The van der Waals surface area contributed by atoms with Gasteiger partial charge in [0.25, 0.3) is 5.91 Å². The van der Waals surface area contributed by atoms with Gasteiger partial charge in [-0.1, -0.05) is 6.42 Å². The minimum absolute atomic E-state index is 0. The van der Waals surface area contributed by atoms with E-state index in [4.69, 9.17) is 5.73 Å². The second-order valence-corrected chi connectivity index (χ2v) is 7.06. The average molecular weight is 325 g/mol. The summed E-state index contributed by atoms with van der Waals surface area (Å²) in [5.41, 5.74) is 9.09. The monoisotopic (exact) mass is 324 g/mol. The van der Waals surface area contributed by atoms with Gasteiger partial charge in [-0.2, -0.15) is 5.10 Å². The lowest BCUT2D eigenvalue weighted by molar-refractivity contribution is 0.0751. The van der Waals surface area contributed by atoms with Crippen LogP contribution in [-0.2, 0) is 12.8 Å². The van der Waals surface area contributed by atoms with Crippen LogP contribution in [0.5, 0.6) is 0 Å². The molecule has 0 spiro atoms. The van der Waals surface area contributed by atoms with Crippen LogP contribution in [0, 0.1) is 11.8 Å². The fraction of sp³-hybridized carbons (Fsp3) is 0.750. The molecule has 3 aliphatic carbocycles. The number of carbonyl (C=O) groups is 1. The summed E-state index contributed by atoms with van der Waals surface area (Å²) >= 11 is 0. The predicted octanol–water partition coefficient (Wildman–Crippen LogP) is 1.96. The van der Waals surface area contributed by atoms with Gasteiger partial charge >= 0.3 is 0 Å². The molecular weight excluding hydrogens is 300 g/mol. The third kappa shape index (κ3) is 2.65. The quantitative estimate of drug-likeness (QED) is 0.777. The molecule has 1 aromatic rings. The molecule has 3 aliphatic rings. The highest BCUT2D eigenvalue weighted by Gasteiger charge is 2.40. The second-order valence-electron chi connectivity index (χ2n) is 7.06. The number of H-pyrrole nitrogens is 1. The Balaban J connectivity index is 0.00000144. The van der Waals surface area contributed by atoms with Crippen LogP contribution in [0.2, 0.25) is 0 Å². The van der Waals surface area contributed by atoms with Gasteiger partial charge in [-0.25, -0.2) is 0 Å². The van der Waals surface area contributed by atoms with Crippen molar-refractivity contribution in [2.75, 3.05) is 0 Å². The molecule has 0 aliphatic heterocycles. The molecule has 4 N–H and O–H groups in total. The van der Waals surface area contributed by atoms with E-state index in [2.05, 4.69) is 15.5 Å². The van der Waals surface area contributed by atoms with Crippen molar-refractivity contribution in [3.63, 3.8) is 0 Å². The van der Waals surface area contributed by atoms with Gasteiger partial charge < -0.3 is 11.1 Å². The van der Waals surface area contributed by atoms with Crippen LogP contribution < -0.4 is 11.1 Å². The first kappa shape index (κ1) is 15.8. The smallest absolute Gasteiger partial charge is 0.272 e. The number of nitrogens with one attached hydrogen (secondary N) is 2. The molecule has 2 bridgehead atoms. The molecule has 1 heterocycles. The lowest BCUT2D eigenvalue weighted by Gasteiger charge is -2.45. The molecule has 5 nitrogen and oxygen atoms in total. The van der Waals surface area contributed by atoms with Crippen molar-refractivity contribution >= 4 is 18.3 Å². The minimum atomic E-state index is 0. The van der Waals surface area contributed by atoms with Crippen molar-refractivity contribution in [2.45, 2.75) is 63.5 Å². The predicted molar refractivity (Wildman–Crippen MR) is 87.2 cm³/mol. The van der Waals surface area contributed by atoms with E-state index in [1.165, 1.54) is 19.3 Å². The van der Waals surface area contributed by atoms with Gasteiger partial charge in [0.15, 0.2) is 5.69 Å². The Hall–Kier alpha value is -1.07. The topological polar surface area (TPSA) is 83.8 Å². The Morgan fingerprint density at radius 3 is 2.64 bits per heavy atom. The molecule has 0 saturated heterocycles. The maximum absolute atomic E-state index is 12.6. The SMILES string of the molecule is Cl.NC1CC2CCCC(C1)C2NC(=O)c1n[nH]c2c1CCC2. The van der Waals surface area contributed by atoms with E-state index in [0.717, 1.165) is 43.4 Å². The van der Waals surface area contributed by atoms with E-state index in [0.29, 0.717) is 29.6 Å². The zero-order valence-electron chi connectivity index (χ0n) is 12.8. The summed E-state index contributed by atoms with van der Waals surface area (Å²) in [5, 5.41) is 10.6. The highest BCUT2D eigenvalue weighted by Crippen LogP contribution is 2.39. The number of aromatic nitrogens is 2. The van der Waals surface area contributed by atoms with Crippen molar-refractivity contribution in [3.05, 3.63) is 17.0 Å². The lowest BCUT2D eigenvalue weighted by atomic mass is 9.67. The standard InChI is InChI=1S/C16H24N4O.ClH/c17-11-7-9-3-1-4-10(8-11)14(9)18-16(21)15-12-5-2-6-13(12)19-20-15;/h9-11,14H,1-8,17H2,(H,18,21)(H,19,20);1H. The number of carbonyl (C=O) groups excluding carboxylic acids is 1. The molecule has 2 unspecified atom stereocenters. The first-order valence-electron chi connectivity index (χ1n) is 8.35. The summed E-state index contributed by atoms with van der Waals surface area (Å²) in [7, 11) is 0. The van der Waals surface area contributed by atoms with E-state index < -0.39 is 0 Å². The van der Waals surface area contributed by atoms with Crippen LogP contribution in [-0.4, -0.2) is 28.2 Å². The zero-order valence-corrected chi connectivity index (χ0v) is 13.6. The van der Waals surface area contributed by atoms with Crippen molar-refractivity contribution in [2.24, 2.45) is 17.6 Å². The van der Waals surface area contributed by atoms with Gasteiger partial charge in [-0.05, 0) is 56.8 Å². The van der Waals surface area contributed by atoms with Gasteiger partial charge in [0, 0.05) is 23.3 Å². The molecule has 6 heteroatoms. The Morgan fingerprint density at radius 2 is 1.91 bits per heavy atom. The summed E-state index contributed by atoms with van der Waals surface area (Å²) in [6.07, 6.45) is 8.94. The molecule has 2 fully saturated rings. The van der Waals surface area contributed by atoms with Crippen molar-refractivity contribution in [3.8, 4) is 0 Å². The number of fused-ring (bicyclic) bond motifs is 3. The number of aryl methyl sites for hydroxylation is 1. The first-order chi connectivity index (χ1) is 10.2. The summed E-state index contributed by atoms with van der Waals surface area (Å²) < 4.78 is 0. The number of aromatic amines is 1. The number of nitrogens with zero attached hydrogens (tertiary/aromatic N) is 1. The van der Waals surface area contributed by atoms with E-state index in [1.54, 1.807) is 0 Å². The highest BCUT2D eigenvalue weighted by molar-refractivity contribution is 5.94. The number of rotatable bonds is 2. The molecule has 0 aromatic carbocycles. The molecule has 2 saturated carbocycles. The average Bonchev–Trinajstić information content (AvgIpc) is 3.01. The van der Waals surface area contributed by atoms with Crippen molar-refractivity contribution in [1.29, 1.82) is 0 Å².